The molecule has 1 saturated heterocycles. The third kappa shape index (κ3) is 4.71. The van der Waals surface area contributed by atoms with Crippen molar-refractivity contribution >= 4 is 11.9 Å². The highest BCUT2D eigenvalue weighted by molar-refractivity contribution is 5.76. The van der Waals surface area contributed by atoms with Gasteiger partial charge >= 0.3 is 0 Å². The lowest BCUT2D eigenvalue weighted by atomic mass is 9.95. The summed E-state index contributed by atoms with van der Waals surface area (Å²) in [4.78, 5) is 18.7. The Morgan fingerprint density at radius 3 is 3.00 bits per heavy atom. The summed E-state index contributed by atoms with van der Waals surface area (Å²) in [6.07, 6.45) is 5.98. The summed E-state index contributed by atoms with van der Waals surface area (Å²) in [7, 11) is 0. The second-order valence-electron chi connectivity index (χ2n) is 6.59. The molecule has 1 aliphatic heterocycles. The molecule has 7 nitrogen and oxygen atoms in total. The number of H-pyrrole nitrogens is 1. The Balaban J connectivity index is 1.55. The van der Waals surface area contributed by atoms with Crippen LogP contribution in [0.25, 0.3) is 0 Å². The number of amides is 1. The van der Waals surface area contributed by atoms with E-state index in [2.05, 4.69) is 15.2 Å². The molecule has 3 rings (SSSR count). The van der Waals surface area contributed by atoms with Crippen molar-refractivity contribution in [2.24, 2.45) is 0 Å². The van der Waals surface area contributed by atoms with Gasteiger partial charge in [-0.15, -0.1) is 5.10 Å². The molecule has 1 aliphatic rings. The Bertz CT molecular complexity index is 715. The molecule has 1 amide bonds. The molecule has 1 atom stereocenters. The zero-order chi connectivity index (χ0) is 17.6. The number of aromatic nitrogens is 3. The second kappa shape index (κ2) is 8.00. The molecule has 0 aliphatic carbocycles. The van der Waals surface area contributed by atoms with Crippen LogP contribution >= 0.6 is 0 Å². The van der Waals surface area contributed by atoms with Crippen LogP contribution in [-0.2, 0) is 17.6 Å². The van der Waals surface area contributed by atoms with Crippen molar-refractivity contribution in [1.29, 1.82) is 0 Å². The number of anilines is 1. The summed E-state index contributed by atoms with van der Waals surface area (Å²) >= 11 is 0. The summed E-state index contributed by atoms with van der Waals surface area (Å²) in [5.41, 5.74) is 6.60. The monoisotopic (exact) mass is 343 g/mol. The van der Waals surface area contributed by atoms with Crippen molar-refractivity contribution in [3.63, 3.8) is 0 Å². The van der Waals surface area contributed by atoms with E-state index >= 15 is 0 Å². The average Bonchev–Trinajstić information content (AvgIpc) is 3.03. The number of hydrogen-bond acceptors (Lipinski definition) is 5. The number of phenolic OH excluding ortho intramolecular Hbond substituents is 1. The summed E-state index contributed by atoms with van der Waals surface area (Å²) in [6.45, 7) is 0.822. The van der Waals surface area contributed by atoms with Crippen LogP contribution in [0.5, 0.6) is 5.75 Å². The zero-order valence-electron chi connectivity index (χ0n) is 14.3. The Morgan fingerprint density at radius 1 is 1.36 bits per heavy atom. The summed E-state index contributed by atoms with van der Waals surface area (Å²) < 4.78 is 0. The Labute approximate surface area is 147 Å². The largest absolute Gasteiger partial charge is 0.508 e. The molecule has 0 radical (unpaired) electrons. The summed E-state index contributed by atoms with van der Waals surface area (Å²) in [6, 6.07) is 7.61. The van der Waals surface area contributed by atoms with Crippen LogP contribution in [0.1, 0.15) is 43.5 Å². The third-order valence-corrected chi connectivity index (χ3v) is 4.75. The number of aromatic amines is 1. The topological polar surface area (TPSA) is 108 Å². The lowest BCUT2D eigenvalue weighted by Gasteiger charge is -2.36. The van der Waals surface area contributed by atoms with Gasteiger partial charge in [-0.25, -0.2) is 0 Å². The molecule has 4 N–H and O–H groups in total. The number of aryl methyl sites for hydroxylation is 2. The van der Waals surface area contributed by atoms with Gasteiger partial charge in [-0.2, -0.15) is 4.98 Å². The highest BCUT2D eigenvalue weighted by atomic mass is 16.3. The molecule has 2 heterocycles. The van der Waals surface area contributed by atoms with Crippen LogP contribution in [0.3, 0.4) is 0 Å². The highest BCUT2D eigenvalue weighted by Crippen LogP contribution is 2.23. The van der Waals surface area contributed by atoms with Crippen LogP contribution < -0.4 is 5.73 Å². The fraction of sp³-hybridized carbons (Fsp3) is 0.500. The van der Waals surface area contributed by atoms with Crippen LogP contribution in [0, 0.1) is 0 Å². The lowest BCUT2D eigenvalue weighted by Crippen LogP contribution is -2.44. The molecule has 0 unspecified atom stereocenters. The fourth-order valence-electron chi connectivity index (χ4n) is 3.47. The van der Waals surface area contributed by atoms with Crippen LogP contribution in [0.15, 0.2) is 24.3 Å². The molecule has 25 heavy (non-hydrogen) atoms. The average molecular weight is 343 g/mol. The van der Waals surface area contributed by atoms with Gasteiger partial charge in [0.2, 0.25) is 11.9 Å². The number of carbonyl (C=O) groups is 1. The second-order valence-corrected chi connectivity index (χ2v) is 6.59. The fourth-order valence-corrected chi connectivity index (χ4v) is 3.47. The molecule has 7 heteroatoms. The number of rotatable bonds is 6. The van der Waals surface area contributed by atoms with Gasteiger partial charge in [-0.3, -0.25) is 9.89 Å². The van der Waals surface area contributed by atoms with Crippen molar-refractivity contribution in [2.75, 3.05) is 12.3 Å². The van der Waals surface area contributed by atoms with Crippen LogP contribution in [0.4, 0.5) is 5.95 Å². The number of phenols is 1. The molecule has 1 fully saturated rings. The molecule has 0 saturated carbocycles. The van der Waals surface area contributed by atoms with Crippen LogP contribution in [-0.4, -0.2) is 43.7 Å². The predicted octanol–water partition coefficient (Wildman–Crippen LogP) is 2.04. The van der Waals surface area contributed by atoms with E-state index in [9.17, 15) is 9.90 Å². The van der Waals surface area contributed by atoms with E-state index in [4.69, 9.17) is 5.73 Å². The first-order chi connectivity index (χ1) is 12.1. The van der Waals surface area contributed by atoms with E-state index in [0.29, 0.717) is 24.4 Å². The van der Waals surface area contributed by atoms with E-state index in [1.54, 1.807) is 12.1 Å². The minimum absolute atomic E-state index is 0.163. The van der Waals surface area contributed by atoms with Gasteiger partial charge in [0.05, 0.1) is 0 Å². The number of nitrogens with two attached hydrogens (primary N) is 1. The number of benzene rings is 1. The maximum Gasteiger partial charge on any atom is 0.239 e. The predicted molar refractivity (Wildman–Crippen MR) is 94.9 cm³/mol. The van der Waals surface area contributed by atoms with Gasteiger partial charge in [-0.1, -0.05) is 12.1 Å². The van der Waals surface area contributed by atoms with Crippen molar-refractivity contribution in [1.82, 2.24) is 20.1 Å². The number of hydrogen-bond donors (Lipinski definition) is 3. The first-order valence-electron chi connectivity index (χ1n) is 8.86. The van der Waals surface area contributed by atoms with E-state index in [-0.39, 0.29) is 17.9 Å². The minimum atomic E-state index is 0.163. The van der Waals surface area contributed by atoms with Gasteiger partial charge in [0.25, 0.3) is 0 Å². The summed E-state index contributed by atoms with van der Waals surface area (Å²) in [5.74, 6) is 1.32. The molecule has 2 aromatic rings. The molecule has 0 bridgehead atoms. The number of likely N-dealkylation sites (tertiary alicyclic amines) is 1. The molecule has 134 valence electrons. The quantitative estimate of drug-likeness (QED) is 0.744. The number of nitrogens with one attached hydrogen (secondary N) is 1. The van der Waals surface area contributed by atoms with E-state index in [1.807, 2.05) is 17.0 Å². The van der Waals surface area contributed by atoms with Gasteiger partial charge in [0.1, 0.15) is 11.6 Å². The standard InChI is InChI=1S/C18H25N5O2/c19-18-20-16(21-22-18)9-10-17(25)23-11-2-1-5-14(23)8-7-13-4-3-6-15(24)12-13/h3-4,6,12,14,24H,1-2,5,7-11H2,(H3,19,20,21,22)/t14-/m0/s1. The molecular weight excluding hydrogens is 318 g/mol. The Morgan fingerprint density at radius 2 is 2.24 bits per heavy atom. The van der Waals surface area contributed by atoms with Gasteiger partial charge in [0, 0.05) is 25.4 Å². The number of piperidine rings is 1. The molecule has 1 aromatic heterocycles. The first kappa shape index (κ1) is 17.3. The SMILES string of the molecule is Nc1n[nH]c(CCC(=O)N2CCCC[C@H]2CCc2cccc(O)c2)n1. The van der Waals surface area contributed by atoms with Crippen molar-refractivity contribution in [3.05, 3.63) is 35.7 Å². The maximum absolute atomic E-state index is 12.6. The number of aromatic hydroxyl groups is 1. The third-order valence-electron chi connectivity index (χ3n) is 4.75. The number of nitrogens with zero attached hydrogens (tertiary/aromatic N) is 3. The van der Waals surface area contributed by atoms with Crippen molar-refractivity contribution in [2.45, 2.75) is 51.0 Å². The van der Waals surface area contributed by atoms with E-state index in [1.165, 1.54) is 0 Å². The van der Waals surface area contributed by atoms with Crippen molar-refractivity contribution < 1.29 is 9.90 Å². The normalized spacial score (nSPS) is 17.6. The summed E-state index contributed by atoms with van der Waals surface area (Å²) in [5, 5.41) is 16.1. The van der Waals surface area contributed by atoms with Gasteiger partial charge in [-0.05, 0) is 49.8 Å². The molecular formula is C18H25N5O2. The van der Waals surface area contributed by atoms with E-state index < -0.39 is 0 Å². The first-order valence-corrected chi connectivity index (χ1v) is 8.86. The Kier molecular flexibility index (Phi) is 5.53. The highest BCUT2D eigenvalue weighted by Gasteiger charge is 2.26. The smallest absolute Gasteiger partial charge is 0.239 e. The van der Waals surface area contributed by atoms with E-state index in [0.717, 1.165) is 44.2 Å². The van der Waals surface area contributed by atoms with Gasteiger partial charge in [0.15, 0.2) is 0 Å². The zero-order valence-corrected chi connectivity index (χ0v) is 14.3. The molecule has 1 aromatic carbocycles. The molecule has 0 spiro atoms. The number of carbonyl (C=O) groups excluding carboxylic acids is 1. The minimum Gasteiger partial charge on any atom is -0.508 e. The number of nitrogen functional groups attached to an aromatic ring is 1. The van der Waals surface area contributed by atoms with Gasteiger partial charge < -0.3 is 15.7 Å². The Hall–Kier alpha value is -2.57. The maximum atomic E-state index is 12.6. The lowest BCUT2D eigenvalue weighted by molar-refractivity contribution is -0.135. The van der Waals surface area contributed by atoms with Crippen LogP contribution in [0.2, 0.25) is 0 Å². The van der Waals surface area contributed by atoms with Crippen molar-refractivity contribution in [3.8, 4) is 5.75 Å².